The van der Waals surface area contributed by atoms with E-state index in [1.807, 2.05) is 18.2 Å². The van der Waals surface area contributed by atoms with E-state index in [1.54, 1.807) is 0 Å². The maximum Gasteiger partial charge on any atom is 0.315 e. The lowest BCUT2D eigenvalue weighted by atomic mass is 10.1. The molecule has 2 aromatic rings. The van der Waals surface area contributed by atoms with E-state index in [4.69, 9.17) is 16.0 Å². The van der Waals surface area contributed by atoms with Crippen molar-refractivity contribution in [2.45, 2.75) is 12.8 Å². The lowest BCUT2D eigenvalue weighted by Crippen LogP contribution is -2.04. The lowest BCUT2D eigenvalue weighted by Gasteiger charge is -2.01. The van der Waals surface area contributed by atoms with Gasteiger partial charge in [-0.15, -0.1) is 16.7 Å². The van der Waals surface area contributed by atoms with E-state index >= 15 is 0 Å². The fourth-order valence-electron chi connectivity index (χ4n) is 1.47. The van der Waals surface area contributed by atoms with E-state index in [-0.39, 0.29) is 0 Å². The minimum absolute atomic E-state index is 0.459. The van der Waals surface area contributed by atoms with Gasteiger partial charge in [0, 0.05) is 18.8 Å². The van der Waals surface area contributed by atoms with Crippen LogP contribution < -0.4 is 5.32 Å². The van der Waals surface area contributed by atoms with Gasteiger partial charge in [-0.2, -0.15) is 0 Å². The van der Waals surface area contributed by atoms with E-state index in [2.05, 4.69) is 27.6 Å². The van der Waals surface area contributed by atoms with Crippen LogP contribution in [0.1, 0.15) is 11.5 Å². The van der Waals surface area contributed by atoms with E-state index in [0.29, 0.717) is 24.2 Å². The van der Waals surface area contributed by atoms with Crippen molar-refractivity contribution < 1.29 is 4.42 Å². The summed E-state index contributed by atoms with van der Waals surface area (Å²) in [6.45, 7) is 0.770. The maximum absolute atomic E-state index is 5.58. The summed E-state index contributed by atoms with van der Waals surface area (Å²) in [5.41, 5.74) is 1.28. The molecule has 1 N–H and O–H groups in total. The normalized spacial score (nSPS) is 10.4. The Kier molecular flexibility index (Phi) is 4.38. The van der Waals surface area contributed by atoms with Crippen LogP contribution in [0.5, 0.6) is 0 Å². The minimum Gasteiger partial charge on any atom is -0.408 e. The van der Waals surface area contributed by atoms with Gasteiger partial charge in [0.1, 0.15) is 0 Å². The predicted molar refractivity (Wildman–Crippen MR) is 67.4 cm³/mol. The van der Waals surface area contributed by atoms with Crippen LogP contribution in [-0.2, 0) is 12.8 Å². The van der Waals surface area contributed by atoms with Crippen molar-refractivity contribution in [2.75, 3.05) is 17.7 Å². The largest absolute Gasteiger partial charge is 0.408 e. The molecule has 2 rings (SSSR count). The summed E-state index contributed by atoms with van der Waals surface area (Å²) >= 11 is 5.58. The summed E-state index contributed by atoms with van der Waals surface area (Å²) in [5, 5.41) is 10.8. The number of aromatic nitrogens is 2. The predicted octanol–water partition coefficient (Wildman–Crippen LogP) is 2.51. The summed E-state index contributed by atoms with van der Waals surface area (Å²) in [6, 6.07) is 10.7. The Morgan fingerprint density at radius 2 is 1.94 bits per heavy atom. The van der Waals surface area contributed by atoms with E-state index in [1.165, 1.54) is 5.56 Å². The summed E-state index contributed by atoms with van der Waals surface area (Å²) in [7, 11) is 0. The second kappa shape index (κ2) is 6.25. The summed E-state index contributed by atoms with van der Waals surface area (Å²) in [4.78, 5) is 0. The minimum atomic E-state index is 0.459. The first kappa shape index (κ1) is 11.9. The molecule has 0 fully saturated rings. The molecular formula is C12H14ClN3O. The third kappa shape index (κ3) is 3.75. The molecule has 0 amide bonds. The van der Waals surface area contributed by atoms with Crippen molar-refractivity contribution >= 4 is 17.6 Å². The quantitative estimate of drug-likeness (QED) is 0.802. The molecule has 0 atom stereocenters. The van der Waals surface area contributed by atoms with Crippen LogP contribution in [0.4, 0.5) is 6.01 Å². The molecule has 4 nitrogen and oxygen atoms in total. The van der Waals surface area contributed by atoms with E-state index < -0.39 is 0 Å². The zero-order valence-electron chi connectivity index (χ0n) is 9.40. The topological polar surface area (TPSA) is 51.0 Å². The van der Waals surface area contributed by atoms with Gasteiger partial charge in [0.25, 0.3) is 0 Å². The molecule has 0 bridgehead atoms. The molecule has 17 heavy (non-hydrogen) atoms. The van der Waals surface area contributed by atoms with E-state index in [0.717, 1.165) is 13.0 Å². The number of aryl methyl sites for hydroxylation is 1. The molecule has 0 saturated carbocycles. The van der Waals surface area contributed by atoms with E-state index in [9.17, 15) is 0 Å². The molecule has 0 aliphatic rings. The van der Waals surface area contributed by atoms with Crippen LogP contribution in [0.25, 0.3) is 0 Å². The highest BCUT2D eigenvalue weighted by Crippen LogP contribution is 2.07. The van der Waals surface area contributed by atoms with Gasteiger partial charge in [0.05, 0.1) is 0 Å². The van der Waals surface area contributed by atoms with Gasteiger partial charge in [-0.25, -0.2) is 0 Å². The Hall–Kier alpha value is -1.55. The molecule has 90 valence electrons. The molecule has 1 heterocycles. The number of halogens is 1. The molecule has 0 radical (unpaired) electrons. The molecule has 0 spiro atoms. The average molecular weight is 252 g/mol. The first-order chi connectivity index (χ1) is 8.38. The molecule has 1 aromatic heterocycles. The number of alkyl halides is 1. The Balaban J connectivity index is 1.78. The van der Waals surface area contributed by atoms with Crippen molar-refractivity contribution in [1.82, 2.24) is 10.2 Å². The zero-order chi connectivity index (χ0) is 11.9. The molecule has 0 aliphatic carbocycles. The number of hydrogen-bond donors (Lipinski definition) is 1. The Morgan fingerprint density at radius 3 is 2.71 bits per heavy atom. The number of nitrogens with one attached hydrogen (secondary N) is 1. The number of nitrogens with zero attached hydrogens (tertiary/aromatic N) is 2. The number of hydrogen-bond acceptors (Lipinski definition) is 4. The van der Waals surface area contributed by atoms with Gasteiger partial charge in [0.15, 0.2) is 0 Å². The van der Waals surface area contributed by atoms with Crippen LogP contribution in [0, 0.1) is 0 Å². The Morgan fingerprint density at radius 1 is 1.12 bits per heavy atom. The lowest BCUT2D eigenvalue weighted by molar-refractivity contribution is 0.512. The van der Waals surface area contributed by atoms with Crippen LogP contribution >= 0.6 is 11.6 Å². The molecule has 0 aliphatic heterocycles. The van der Waals surface area contributed by atoms with Crippen molar-refractivity contribution in [3.63, 3.8) is 0 Å². The van der Waals surface area contributed by atoms with Gasteiger partial charge in [-0.1, -0.05) is 35.4 Å². The van der Waals surface area contributed by atoms with Crippen molar-refractivity contribution in [1.29, 1.82) is 0 Å². The van der Waals surface area contributed by atoms with Gasteiger partial charge in [0.2, 0.25) is 5.89 Å². The molecule has 0 saturated heterocycles. The maximum atomic E-state index is 5.58. The second-order valence-corrected chi connectivity index (χ2v) is 3.98. The Bertz CT molecular complexity index is 444. The third-order valence-corrected chi connectivity index (χ3v) is 2.50. The van der Waals surface area contributed by atoms with Crippen molar-refractivity contribution in [3.05, 3.63) is 41.8 Å². The first-order valence-electron chi connectivity index (χ1n) is 5.54. The van der Waals surface area contributed by atoms with Gasteiger partial charge >= 0.3 is 6.01 Å². The number of rotatable bonds is 6. The Labute approximate surface area is 105 Å². The molecular weight excluding hydrogens is 238 g/mol. The van der Waals surface area contributed by atoms with Gasteiger partial charge in [-0.05, 0) is 12.0 Å². The highest BCUT2D eigenvalue weighted by molar-refractivity contribution is 6.17. The average Bonchev–Trinajstić information content (AvgIpc) is 2.79. The van der Waals surface area contributed by atoms with Crippen LogP contribution in [-0.4, -0.2) is 22.6 Å². The second-order valence-electron chi connectivity index (χ2n) is 3.60. The van der Waals surface area contributed by atoms with Crippen LogP contribution in [0.2, 0.25) is 0 Å². The SMILES string of the molecule is ClCCc1nnc(NCCc2ccccc2)o1. The summed E-state index contributed by atoms with van der Waals surface area (Å²) in [5.74, 6) is 1.06. The first-order valence-corrected chi connectivity index (χ1v) is 6.08. The highest BCUT2D eigenvalue weighted by Gasteiger charge is 2.04. The summed E-state index contributed by atoms with van der Waals surface area (Å²) in [6.07, 6.45) is 1.53. The highest BCUT2D eigenvalue weighted by atomic mass is 35.5. The van der Waals surface area contributed by atoms with Crippen molar-refractivity contribution in [2.24, 2.45) is 0 Å². The molecule has 1 aromatic carbocycles. The molecule has 0 unspecified atom stereocenters. The zero-order valence-corrected chi connectivity index (χ0v) is 10.2. The third-order valence-electron chi connectivity index (χ3n) is 2.31. The molecule has 5 heteroatoms. The van der Waals surface area contributed by atoms with Crippen LogP contribution in [0.3, 0.4) is 0 Å². The number of benzene rings is 1. The fourth-order valence-corrected chi connectivity index (χ4v) is 1.63. The number of anilines is 1. The standard InChI is InChI=1S/C12H14ClN3O/c13-8-6-11-15-16-12(17-11)14-9-7-10-4-2-1-3-5-10/h1-5H,6-9H2,(H,14,16). The van der Waals surface area contributed by atoms with Gasteiger partial charge < -0.3 is 9.73 Å². The van der Waals surface area contributed by atoms with Crippen LogP contribution in [0.15, 0.2) is 34.7 Å². The monoisotopic (exact) mass is 251 g/mol. The summed E-state index contributed by atoms with van der Waals surface area (Å²) < 4.78 is 5.34. The smallest absolute Gasteiger partial charge is 0.315 e. The van der Waals surface area contributed by atoms with Crippen molar-refractivity contribution in [3.8, 4) is 0 Å². The fraction of sp³-hybridized carbons (Fsp3) is 0.333. The van der Waals surface area contributed by atoms with Gasteiger partial charge in [-0.3, -0.25) is 0 Å².